The molecular formula is C42H60N6O7. The fourth-order valence-corrected chi connectivity index (χ4v) is 6.64. The van der Waals surface area contributed by atoms with E-state index < -0.39 is 60.3 Å². The average Bonchev–Trinajstić information content (AvgIpc) is 3.74. The zero-order chi connectivity index (χ0) is 40.2. The molecule has 0 unspecified atom stereocenters. The van der Waals surface area contributed by atoms with Crippen LogP contribution >= 0.6 is 0 Å². The number of carbonyl (C=O) groups is 5. The standard InChI is InChI=1S/C42H60N6O7/c1-6-26-43-39(51)35(28-49)45-40(52)34(21-15-16-27-48(8-3)9-4)44-41(53)36(29(5)7-2)46-42(54)37(30-17-13-14-18-30)47-38(50)31-22-24-33(25-23-31)55-32-19-11-10-12-20-32/h1,10-12,19-20,22-25,29-30,34-37,49H,7-9,13-18,21,26-28H2,2-5H3,(H,43,51)(H,44,53)(H,45,52)(H,46,54)(H,47,50)/t29-,34-,35-,36+,37-/m0/s1. The van der Waals surface area contributed by atoms with E-state index in [0.29, 0.717) is 29.9 Å². The first-order valence-electron chi connectivity index (χ1n) is 19.6. The summed E-state index contributed by atoms with van der Waals surface area (Å²) in [5, 5.41) is 23.6. The summed E-state index contributed by atoms with van der Waals surface area (Å²) in [7, 11) is 0. The number of aliphatic hydroxyl groups is 1. The van der Waals surface area contributed by atoms with Crippen LogP contribution < -0.4 is 31.3 Å². The smallest absolute Gasteiger partial charge is 0.251 e. The second-order valence-electron chi connectivity index (χ2n) is 14.1. The summed E-state index contributed by atoms with van der Waals surface area (Å²) < 4.78 is 5.85. The molecule has 13 heteroatoms. The summed E-state index contributed by atoms with van der Waals surface area (Å²) in [4.78, 5) is 70.0. The third kappa shape index (κ3) is 14.3. The Bertz CT molecular complexity index is 1550. The largest absolute Gasteiger partial charge is 0.457 e. The van der Waals surface area contributed by atoms with Crippen molar-refractivity contribution < 1.29 is 33.8 Å². The first-order chi connectivity index (χ1) is 26.5. The van der Waals surface area contributed by atoms with Crippen molar-refractivity contribution in [3.63, 3.8) is 0 Å². The van der Waals surface area contributed by atoms with Gasteiger partial charge < -0.3 is 41.3 Å². The van der Waals surface area contributed by atoms with Crippen LogP contribution in [-0.2, 0) is 19.2 Å². The van der Waals surface area contributed by atoms with Gasteiger partial charge in [-0.1, -0.05) is 71.1 Å². The quantitative estimate of drug-likeness (QED) is 0.0737. The molecule has 55 heavy (non-hydrogen) atoms. The predicted molar refractivity (Wildman–Crippen MR) is 212 cm³/mol. The fraction of sp³-hybridized carbons (Fsp3) is 0.548. The first kappa shape index (κ1) is 44.5. The summed E-state index contributed by atoms with van der Waals surface area (Å²) in [5.41, 5.74) is 0.358. The normalized spacial score (nSPS) is 15.4. The van der Waals surface area contributed by atoms with E-state index in [-0.39, 0.29) is 24.8 Å². The van der Waals surface area contributed by atoms with Crippen LogP contribution in [0.5, 0.6) is 11.5 Å². The maximum Gasteiger partial charge on any atom is 0.251 e. The Morgan fingerprint density at radius 1 is 0.818 bits per heavy atom. The van der Waals surface area contributed by atoms with Gasteiger partial charge in [-0.15, -0.1) is 6.42 Å². The van der Waals surface area contributed by atoms with Gasteiger partial charge in [-0.3, -0.25) is 24.0 Å². The van der Waals surface area contributed by atoms with Crippen LogP contribution in [0.3, 0.4) is 0 Å². The minimum absolute atomic E-state index is 0.0781. The van der Waals surface area contributed by atoms with Gasteiger partial charge in [-0.25, -0.2) is 0 Å². The van der Waals surface area contributed by atoms with Crippen LogP contribution in [0.2, 0.25) is 0 Å². The molecule has 6 N–H and O–H groups in total. The maximum atomic E-state index is 14.1. The predicted octanol–water partition coefficient (Wildman–Crippen LogP) is 3.52. The molecule has 0 aromatic heterocycles. The molecule has 3 rings (SSSR count). The number of ether oxygens (including phenoxy) is 1. The Kier molecular flexibility index (Phi) is 19.2. The molecule has 13 nitrogen and oxygen atoms in total. The third-order valence-corrected chi connectivity index (χ3v) is 10.3. The summed E-state index contributed by atoms with van der Waals surface area (Å²) in [5.74, 6) is 0.306. The van der Waals surface area contributed by atoms with Crippen molar-refractivity contribution in [3.8, 4) is 23.8 Å². The van der Waals surface area contributed by atoms with Gasteiger partial charge in [0, 0.05) is 5.56 Å². The lowest BCUT2D eigenvalue weighted by Crippen LogP contribution is -2.60. The van der Waals surface area contributed by atoms with E-state index in [1.165, 1.54) is 0 Å². The summed E-state index contributed by atoms with van der Waals surface area (Å²) >= 11 is 0. The van der Waals surface area contributed by atoms with E-state index >= 15 is 0 Å². The van der Waals surface area contributed by atoms with Gasteiger partial charge in [0.25, 0.3) is 5.91 Å². The van der Waals surface area contributed by atoms with Crippen molar-refractivity contribution >= 4 is 29.5 Å². The van der Waals surface area contributed by atoms with Crippen molar-refractivity contribution in [1.82, 2.24) is 31.5 Å². The Labute approximate surface area is 326 Å². The second kappa shape index (κ2) is 23.8. The van der Waals surface area contributed by atoms with Gasteiger partial charge in [-0.05, 0) is 100.0 Å². The highest BCUT2D eigenvalue weighted by Crippen LogP contribution is 2.29. The average molecular weight is 761 g/mol. The molecule has 300 valence electrons. The lowest BCUT2D eigenvalue weighted by molar-refractivity contribution is -0.135. The first-order valence-corrected chi connectivity index (χ1v) is 19.6. The minimum atomic E-state index is -1.27. The molecule has 0 spiro atoms. The number of carbonyl (C=O) groups excluding carboxylic acids is 5. The Hall–Kier alpha value is -4.93. The highest BCUT2D eigenvalue weighted by Gasteiger charge is 2.37. The van der Waals surface area contributed by atoms with Gasteiger partial charge in [-0.2, -0.15) is 0 Å². The van der Waals surface area contributed by atoms with Gasteiger partial charge in [0.2, 0.25) is 23.6 Å². The van der Waals surface area contributed by atoms with Crippen LogP contribution in [-0.4, -0.2) is 96.5 Å². The van der Waals surface area contributed by atoms with Crippen LogP contribution in [0.15, 0.2) is 54.6 Å². The molecule has 0 radical (unpaired) electrons. The molecule has 0 heterocycles. The van der Waals surface area contributed by atoms with E-state index in [0.717, 1.165) is 51.7 Å². The Balaban J connectivity index is 1.77. The fourth-order valence-electron chi connectivity index (χ4n) is 6.64. The molecule has 2 aromatic carbocycles. The molecule has 0 saturated heterocycles. The number of hydrogen-bond acceptors (Lipinski definition) is 8. The molecule has 1 aliphatic rings. The highest BCUT2D eigenvalue weighted by molar-refractivity contribution is 5.99. The third-order valence-electron chi connectivity index (χ3n) is 10.3. The number of unbranched alkanes of at least 4 members (excludes halogenated alkanes) is 1. The number of terminal acetylenes is 1. The molecule has 0 bridgehead atoms. The number of aliphatic hydroxyl groups excluding tert-OH is 1. The molecule has 5 amide bonds. The minimum Gasteiger partial charge on any atom is -0.457 e. The van der Waals surface area contributed by atoms with Crippen molar-refractivity contribution in [3.05, 3.63) is 60.2 Å². The number of para-hydroxylation sites is 1. The number of rotatable bonds is 23. The van der Waals surface area contributed by atoms with Crippen molar-refractivity contribution in [2.75, 3.05) is 32.8 Å². The Morgan fingerprint density at radius 2 is 1.45 bits per heavy atom. The van der Waals surface area contributed by atoms with E-state index in [1.54, 1.807) is 24.3 Å². The molecule has 1 saturated carbocycles. The van der Waals surface area contributed by atoms with Gasteiger partial charge in [0.05, 0.1) is 13.2 Å². The van der Waals surface area contributed by atoms with Crippen molar-refractivity contribution in [1.29, 1.82) is 0 Å². The summed E-state index contributed by atoms with van der Waals surface area (Å²) in [6, 6.07) is 11.7. The SMILES string of the molecule is C#CCNC(=O)[C@H](CO)NC(=O)[C@H](CCCCN(CC)CC)NC(=O)[C@H](NC(=O)[C@@H](NC(=O)c1ccc(Oc2ccccc2)cc1)C1CCCC1)[C@@H](C)CC. The van der Waals surface area contributed by atoms with Crippen LogP contribution in [0.1, 0.15) is 89.4 Å². The molecule has 0 aliphatic heterocycles. The lowest BCUT2D eigenvalue weighted by atomic mass is 9.93. The van der Waals surface area contributed by atoms with E-state index in [1.807, 2.05) is 44.2 Å². The zero-order valence-electron chi connectivity index (χ0n) is 32.8. The van der Waals surface area contributed by atoms with Crippen molar-refractivity contribution in [2.24, 2.45) is 11.8 Å². The van der Waals surface area contributed by atoms with E-state index in [4.69, 9.17) is 11.2 Å². The monoisotopic (exact) mass is 760 g/mol. The zero-order valence-corrected chi connectivity index (χ0v) is 32.8. The number of hydrogen-bond donors (Lipinski definition) is 6. The van der Waals surface area contributed by atoms with Gasteiger partial charge in [0.1, 0.15) is 35.7 Å². The Morgan fingerprint density at radius 3 is 2.05 bits per heavy atom. The topological polar surface area (TPSA) is 178 Å². The summed E-state index contributed by atoms with van der Waals surface area (Å²) in [6.07, 6.45) is 10.8. The number of nitrogens with zero attached hydrogens (tertiary/aromatic N) is 1. The van der Waals surface area contributed by atoms with Gasteiger partial charge in [0.15, 0.2) is 0 Å². The van der Waals surface area contributed by atoms with E-state index in [9.17, 15) is 29.1 Å². The highest BCUT2D eigenvalue weighted by atomic mass is 16.5. The second-order valence-corrected chi connectivity index (χ2v) is 14.1. The number of amides is 5. The molecule has 5 atom stereocenters. The molecular weight excluding hydrogens is 700 g/mol. The van der Waals surface area contributed by atoms with Crippen LogP contribution in [0.4, 0.5) is 0 Å². The van der Waals surface area contributed by atoms with Gasteiger partial charge >= 0.3 is 0 Å². The maximum absolute atomic E-state index is 14.1. The van der Waals surface area contributed by atoms with Crippen molar-refractivity contribution in [2.45, 2.75) is 103 Å². The molecule has 2 aromatic rings. The number of benzene rings is 2. The van der Waals surface area contributed by atoms with E-state index in [2.05, 4.69) is 51.3 Å². The van der Waals surface area contributed by atoms with Crippen LogP contribution in [0.25, 0.3) is 0 Å². The summed E-state index contributed by atoms with van der Waals surface area (Å²) in [6.45, 7) is 9.72. The molecule has 1 fully saturated rings. The lowest BCUT2D eigenvalue weighted by Gasteiger charge is -2.30. The van der Waals surface area contributed by atoms with Crippen LogP contribution in [0, 0.1) is 24.2 Å². The number of nitrogens with one attached hydrogen (secondary N) is 5. The molecule has 1 aliphatic carbocycles.